The molecule has 0 saturated carbocycles. The fourth-order valence-electron chi connectivity index (χ4n) is 9.14. The molecule has 4 atom stereocenters. The van der Waals surface area contributed by atoms with Crippen LogP contribution in [-0.4, -0.2) is 142 Å². The van der Waals surface area contributed by atoms with Crippen molar-refractivity contribution in [1.82, 2.24) is 40.6 Å². The minimum absolute atomic E-state index is 0.00185. The Balaban J connectivity index is 0.847. The van der Waals surface area contributed by atoms with Crippen LogP contribution in [0.25, 0.3) is 15.4 Å². The fraction of sp³-hybridized carbons (Fsp3) is 0.509. The number of rotatable bonds is 24. The summed E-state index contributed by atoms with van der Waals surface area (Å²) in [6.45, 7) is 19.4. The molecule has 1 saturated heterocycles. The van der Waals surface area contributed by atoms with Crippen molar-refractivity contribution in [3.63, 3.8) is 0 Å². The number of carbonyl (C=O) groups excluding carboxylic acids is 6. The summed E-state index contributed by atoms with van der Waals surface area (Å²) >= 11 is 9.43. The third-order valence-electron chi connectivity index (χ3n) is 13.2. The molecule has 5 aromatic rings. The molecule has 23 heteroatoms. The maximum absolute atomic E-state index is 14.5. The van der Waals surface area contributed by atoms with Gasteiger partial charge >= 0.3 is 11.9 Å². The quantitative estimate of drug-likeness (QED) is 0.0407. The summed E-state index contributed by atoms with van der Waals surface area (Å²) in [7, 11) is 0. The normalized spacial score (nSPS) is 16.5. The van der Waals surface area contributed by atoms with E-state index in [2.05, 4.69) is 45.0 Å². The first-order valence-electron chi connectivity index (χ1n) is 26.6. The van der Waals surface area contributed by atoms with Gasteiger partial charge in [-0.05, 0) is 82.7 Å². The summed E-state index contributed by atoms with van der Waals surface area (Å²) in [5.41, 5.74) is 6.74. The first kappa shape index (κ1) is 61.2. The van der Waals surface area contributed by atoms with E-state index >= 15 is 0 Å². The third kappa shape index (κ3) is 16.4. The molecule has 0 spiro atoms. The highest BCUT2D eigenvalue weighted by atomic mass is 35.5. The molecule has 3 aromatic heterocycles. The maximum Gasteiger partial charge on any atom is 0.306 e. The number of nitrogens with one attached hydrogen (secondary N) is 3. The van der Waals surface area contributed by atoms with Crippen molar-refractivity contribution in [2.75, 3.05) is 52.7 Å². The van der Waals surface area contributed by atoms with Gasteiger partial charge in [0.15, 0.2) is 5.82 Å². The molecule has 5 heterocycles. The van der Waals surface area contributed by atoms with Gasteiger partial charge in [-0.3, -0.25) is 38.3 Å². The molecule has 20 nitrogen and oxygen atoms in total. The zero-order valence-corrected chi connectivity index (χ0v) is 49.5. The standard InChI is InChI=1S/C57H72ClN9O11S2/c1-33-35(3)80-55-48(33)49(38-15-17-40(58)18-16-38)62-42(52-65-64-36(4)67(52)55)28-44(68)59-21-22-74-23-24-75-25-26-76-31-45(69)63-51(56(5,6)7)54(73)66-30-41(77-46(70)19-20-47(71)78-57(8,9)10)27-43(66)53(72)60-29-37-11-13-39(14-12-37)50-34(2)61-32-79-50/h11-18,32,41-43,51H,19-31H2,1-10H3,(H,59,68)(H,60,72)(H,63,69)/t41-,42+,43+,51-/m1/s1. The van der Waals surface area contributed by atoms with Gasteiger partial charge in [0.25, 0.3) is 0 Å². The lowest BCUT2D eigenvalue weighted by Crippen LogP contribution is -2.58. The minimum atomic E-state index is -1.09. The fourth-order valence-corrected chi connectivity index (χ4v) is 11.3. The van der Waals surface area contributed by atoms with Gasteiger partial charge in [0.1, 0.15) is 47.3 Å². The smallest absolute Gasteiger partial charge is 0.306 e. The molecule has 7 rings (SSSR count). The van der Waals surface area contributed by atoms with Crippen molar-refractivity contribution in [3.05, 3.63) is 104 Å². The van der Waals surface area contributed by atoms with Crippen LogP contribution in [0.1, 0.15) is 118 Å². The predicted molar refractivity (Wildman–Crippen MR) is 304 cm³/mol. The van der Waals surface area contributed by atoms with Gasteiger partial charge < -0.3 is 44.5 Å². The number of aromatic nitrogens is 4. The van der Waals surface area contributed by atoms with Crippen molar-refractivity contribution < 1.29 is 52.5 Å². The highest BCUT2D eigenvalue weighted by Crippen LogP contribution is 2.40. The summed E-state index contributed by atoms with van der Waals surface area (Å²) in [5, 5.41) is 19.1. The van der Waals surface area contributed by atoms with E-state index in [-0.39, 0.29) is 90.9 Å². The number of carbonyl (C=O) groups is 6. The lowest BCUT2D eigenvalue weighted by Gasteiger charge is -2.35. The molecular weight excluding hydrogens is 1090 g/mol. The molecule has 0 unspecified atom stereocenters. The lowest BCUT2D eigenvalue weighted by molar-refractivity contribution is -0.159. The number of amides is 4. The highest BCUT2D eigenvalue weighted by molar-refractivity contribution is 7.15. The Labute approximate surface area is 479 Å². The van der Waals surface area contributed by atoms with E-state index in [0.29, 0.717) is 16.7 Å². The van der Waals surface area contributed by atoms with Crippen LogP contribution in [0.4, 0.5) is 0 Å². The molecule has 0 radical (unpaired) electrons. The Morgan fingerprint density at radius 2 is 1.46 bits per heavy atom. The topological polar surface area (TPSA) is 244 Å². The first-order valence-corrected chi connectivity index (χ1v) is 28.7. The van der Waals surface area contributed by atoms with Gasteiger partial charge in [0.2, 0.25) is 23.6 Å². The summed E-state index contributed by atoms with van der Waals surface area (Å²) in [4.78, 5) is 93.5. The Bertz CT molecular complexity index is 3030. The van der Waals surface area contributed by atoms with E-state index in [9.17, 15) is 28.8 Å². The highest BCUT2D eigenvalue weighted by Gasteiger charge is 2.46. The largest absolute Gasteiger partial charge is 0.460 e. The molecular formula is C57H72ClN9O11S2. The number of hydrogen-bond acceptors (Lipinski definition) is 17. The summed E-state index contributed by atoms with van der Waals surface area (Å²) < 4.78 is 30.0. The van der Waals surface area contributed by atoms with Crippen molar-refractivity contribution in [2.24, 2.45) is 10.4 Å². The lowest BCUT2D eigenvalue weighted by atomic mass is 9.85. The number of esters is 2. The Morgan fingerprint density at radius 3 is 2.12 bits per heavy atom. The average molecular weight is 1160 g/mol. The van der Waals surface area contributed by atoms with E-state index in [0.717, 1.165) is 54.0 Å². The number of aryl methyl sites for hydroxylation is 3. The van der Waals surface area contributed by atoms with Crippen LogP contribution in [0, 0.1) is 33.1 Å². The van der Waals surface area contributed by atoms with Gasteiger partial charge in [0, 0.05) is 40.5 Å². The SMILES string of the molecule is Cc1ncsc1-c1ccc(CNC(=O)[C@@H]2C[C@@H](OC(=O)CCC(=O)OC(C)(C)C)CN2C(=O)[C@@H](NC(=O)COCCOCCOCCNC(=O)C[C@@H]2N=C(c3ccc(Cl)cc3)c3c(sc(C)c3C)-n3c(C)nnc32)C(C)(C)C)cc1. The molecule has 80 heavy (non-hydrogen) atoms. The van der Waals surface area contributed by atoms with Crippen LogP contribution in [0.5, 0.6) is 0 Å². The predicted octanol–water partition coefficient (Wildman–Crippen LogP) is 7.27. The number of halogens is 1. The second-order valence-electron chi connectivity index (χ2n) is 21.7. The molecule has 0 bridgehead atoms. The van der Waals surface area contributed by atoms with E-state index in [4.69, 9.17) is 40.3 Å². The molecule has 2 aliphatic rings. The molecule has 430 valence electrons. The number of benzene rings is 2. The third-order valence-corrected chi connectivity index (χ3v) is 15.7. The van der Waals surface area contributed by atoms with Crippen molar-refractivity contribution in [2.45, 2.75) is 131 Å². The average Bonchev–Trinajstić information content (AvgIpc) is 4.28. The van der Waals surface area contributed by atoms with Crippen LogP contribution in [0.15, 0.2) is 59.0 Å². The zero-order chi connectivity index (χ0) is 57.9. The number of likely N-dealkylation sites (tertiary alicyclic amines) is 1. The molecule has 4 amide bonds. The van der Waals surface area contributed by atoms with Crippen molar-refractivity contribution >= 4 is 75.6 Å². The molecule has 0 aliphatic carbocycles. The van der Waals surface area contributed by atoms with E-state index in [1.165, 1.54) is 4.90 Å². The number of hydrogen-bond donors (Lipinski definition) is 3. The zero-order valence-electron chi connectivity index (χ0n) is 47.1. The van der Waals surface area contributed by atoms with Crippen molar-refractivity contribution in [1.29, 1.82) is 0 Å². The van der Waals surface area contributed by atoms with Crippen LogP contribution < -0.4 is 16.0 Å². The molecule has 2 aromatic carbocycles. The van der Waals surface area contributed by atoms with Gasteiger partial charge in [-0.2, -0.15) is 0 Å². The monoisotopic (exact) mass is 1160 g/mol. The van der Waals surface area contributed by atoms with Crippen molar-refractivity contribution in [3.8, 4) is 15.4 Å². The van der Waals surface area contributed by atoms with Crippen LogP contribution in [0.3, 0.4) is 0 Å². The van der Waals surface area contributed by atoms with Gasteiger partial charge in [-0.25, -0.2) is 4.98 Å². The second kappa shape index (κ2) is 27.4. The number of nitrogens with zero attached hydrogens (tertiary/aromatic N) is 6. The van der Waals surface area contributed by atoms with Gasteiger partial charge in [0.05, 0.1) is 80.6 Å². The Kier molecular flexibility index (Phi) is 20.9. The maximum atomic E-state index is 14.5. The molecule has 1 fully saturated rings. The number of thiazole rings is 1. The van der Waals surface area contributed by atoms with Crippen LogP contribution in [-0.2, 0) is 59.0 Å². The number of aliphatic imine (C=N–C) groups is 1. The Morgan fingerprint density at radius 1 is 0.800 bits per heavy atom. The second-order valence-corrected chi connectivity index (χ2v) is 24.2. The van der Waals surface area contributed by atoms with E-state index < -0.39 is 64.9 Å². The minimum Gasteiger partial charge on any atom is -0.460 e. The molecule has 3 N–H and O–H groups in total. The van der Waals surface area contributed by atoms with Gasteiger partial charge in [-0.1, -0.05) is 68.8 Å². The Hall–Kier alpha value is -6.43. The van der Waals surface area contributed by atoms with Gasteiger partial charge in [-0.15, -0.1) is 32.9 Å². The molecule has 2 aliphatic heterocycles. The number of thiophene rings is 1. The summed E-state index contributed by atoms with van der Waals surface area (Å²) in [6, 6.07) is 12.5. The first-order chi connectivity index (χ1) is 38.0. The van der Waals surface area contributed by atoms with Crippen LogP contribution >= 0.6 is 34.3 Å². The van der Waals surface area contributed by atoms with E-state index in [1.54, 1.807) is 69.7 Å². The number of fused-ring (bicyclic) bond motifs is 3. The summed E-state index contributed by atoms with van der Waals surface area (Å²) in [5.74, 6) is -1.71. The number of ether oxygens (including phenoxy) is 5. The van der Waals surface area contributed by atoms with E-state index in [1.807, 2.05) is 66.9 Å². The summed E-state index contributed by atoms with van der Waals surface area (Å²) in [6.07, 6.45) is -1.26. The van der Waals surface area contributed by atoms with Crippen LogP contribution in [0.2, 0.25) is 5.02 Å².